The van der Waals surface area contributed by atoms with E-state index < -0.39 is 23.6 Å². The topological polar surface area (TPSA) is 26.0 Å². The Labute approximate surface area is 90.7 Å². The van der Waals surface area contributed by atoms with E-state index in [2.05, 4.69) is 0 Å². The van der Waals surface area contributed by atoms with Crippen molar-refractivity contribution < 1.29 is 17.6 Å². The van der Waals surface area contributed by atoms with Crippen LogP contribution in [0.2, 0.25) is 0 Å². The first-order chi connectivity index (χ1) is 6.32. The average molecular weight is 244 g/mol. The van der Waals surface area contributed by atoms with Crippen LogP contribution in [0.25, 0.3) is 0 Å². The number of rotatable bonds is 1. The molecule has 1 unspecified atom stereocenters. The fraction of sp³-hybridized carbons (Fsp3) is 0.333. The van der Waals surface area contributed by atoms with Gasteiger partial charge in [0.15, 0.2) is 0 Å². The molecule has 0 amide bonds. The summed E-state index contributed by atoms with van der Waals surface area (Å²) in [6.45, 7) is 1.43. The molecule has 0 radical (unpaired) electrons. The molecule has 0 aliphatic rings. The quantitative estimate of drug-likeness (QED) is 0.753. The Morgan fingerprint density at radius 2 is 1.80 bits per heavy atom. The Bertz CT molecular complexity index is 335. The highest BCUT2D eigenvalue weighted by Crippen LogP contribution is 2.31. The molecule has 1 aromatic carbocycles. The molecule has 2 N–H and O–H groups in total. The van der Waals surface area contributed by atoms with Crippen molar-refractivity contribution in [1.29, 1.82) is 0 Å². The van der Waals surface area contributed by atoms with Gasteiger partial charge in [0, 0.05) is 11.6 Å². The zero-order chi connectivity index (χ0) is 10.9. The molecule has 0 fully saturated rings. The Balaban J connectivity index is 0.00000196. The fourth-order valence-corrected chi connectivity index (χ4v) is 1.07. The number of hydrogen-bond acceptors (Lipinski definition) is 1. The molecule has 1 rings (SSSR count). The number of hydrogen-bond donors (Lipinski definition) is 1. The Hall–Kier alpha value is -0.810. The van der Waals surface area contributed by atoms with Gasteiger partial charge in [-0.2, -0.15) is 13.2 Å². The van der Waals surface area contributed by atoms with E-state index in [4.69, 9.17) is 5.73 Å². The van der Waals surface area contributed by atoms with Crippen LogP contribution in [0.15, 0.2) is 18.2 Å². The smallest absolute Gasteiger partial charge is 0.324 e. The molecule has 0 saturated heterocycles. The van der Waals surface area contributed by atoms with Crippen molar-refractivity contribution in [1.82, 2.24) is 0 Å². The molecule has 0 aromatic heterocycles. The van der Waals surface area contributed by atoms with Crippen LogP contribution < -0.4 is 5.73 Å². The minimum Gasteiger partial charge on any atom is -0.324 e. The van der Waals surface area contributed by atoms with Crippen LogP contribution in [0.1, 0.15) is 24.1 Å². The van der Waals surface area contributed by atoms with Gasteiger partial charge >= 0.3 is 6.18 Å². The first-order valence-corrected chi connectivity index (χ1v) is 3.94. The highest BCUT2D eigenvalue weighted by Gasteiger charge is 2.31. The van der Waals surface area contributed by atoms with Gasteiger partial charge < -0.3 is 5.73 Å². The summed E-state index contributed by atoms with van der Waals surface area (Å²) in [4.78, 5) is 0. The lowest BCUT2D eigenvalue weighted by molar-refractivity contribution is -0.137. The summed E-state index contributed by atoms with van der Waals surface area (Å²) in [7, 11) is 0. The maximum atomic E-state index is 13.0. The first kappa shape index (κ1) is 14.2. The van der Waals surface area contributed by atoms with Crippen molar-refractivity contribution in [2.75, 3.05) is 0 Å². The van der Waals surface area contributed by atoms with Gasteiger partial charge in [0.2, 0.25) is 0 Å². The highest BCUT2D eigenvalue weighted by atomic mass is 35.5. The van der Waals surface area contributed by atoms with Crippen molar-refractivity contribution in [2.24, 2.45) is 5.73 Å². The third-order valence-electron chi connectivity index (χ3n) is 1.81. The van der Waals surface area contributed by atoms with Gasteiger partial charge in [0.1, 0.15) is 5.82 Å². The third kappa shape index (κ3) is 3.35. The molecule has 0 bridgehead atoms. The van der Waals surface area contributed by atoms with Crippen molar-refractivity contribution in [3.63, 3.8) is 0 Å². The van der Waals surface area contributed by atoms with Gasteiger partial charge in [-0.25, -0.2) is 4.39 Å². The summed E-state index contributed by atoms with van der Waals surface area (Å²) in [5.74, 6) is -0.715. The van der Waals surface area contributed by atoms with Gasteiger partial charge in [-0.3, -0.25) is 0 Å². The predicted molar refractivity (Wildman–Crippen MR) is 51.3 cm³/mol. The summed E-state index contributed by atoms with van der Waals surface area (Å²) >= 11 is 0. The van der Waals surface area contributed by atoms with E-state index in [0.717, 1.165) is 12.1 Å². The molecular formula is C9H10ClF4N. The van der Waals surface area contributed by atoms with E-state index in [1.54, 1.807) is 0 Å². The predicted octanol–water partition coefficient (Wildman–Crippen LogP) is 3.29. The van der Waals surface area contributed by atoms with E-state index >= 15 is 0 Å². The van der Waals surface area contributed by atoms with Crippen LogP contribution in [0.5, 0.6) is 0 Å². The van der Waals surface area contributed by atoms with Gasteiger partial charge in [0.25, 0.3) is 0 Å². The summed E-state index contributed by atoms with van der Waals surface area (Å²) in [5, 5.41) is 0. The van der Waals surface area contributed by atoms with E-state index in [0.29, 0.717) is 6.07 Å². The summed E-state index contributed by atoms with van der Waals surface area (Å²) in [6, 6.07) is 1.46. The van der Waals surface area contributed by atoms with Crippen LogP contribution in [0, 0.1) is 5.82 Å². The molecule has 0 heterocycles. The van der Waals surface area contributed by atoms with Crippen molar-refractivity contribution >= 4 is 12.4 Å². The van der Waals surface area contributed by atoms with E-state index in [1.165, 1.54) is 6.92 Å². The maximum Gasteiger partial charge on any atom is 0.416 e. The number of benzene rings is 1. The number of alkyl halides is 3. The largest absolute Gasteiger partial charge is 0.416 e. The van der Waals surface area contributed by atoms with Crippen LogP contribution in [-0.2, 0) is 6.18 Å². The number of halogens is 5. The molecule has 0 saturated carbocycles. The highest BCUT2D eigenvalue weighted by molar-refractivity contribution is 5.85. The van der Waals surface area contributed by atoms with E-state index in [-0.39, 0.29) is 18.0 Å². The van der Waals surface area contributed by atoms with Crippen LogP contribution in [-0.4, -0.2) is 0 Å². The Morgan fingerprint density at radius 1 is 1.27 bits per heavy atom. The van der Waals surface area contributed by atoms with Gasteiger partial charge in [0.05, 0.1) is 5.56 Å². The molecule has 86 valence electrons. The van der Waals surface area contributed by atoms with Gasteiger partial charge in [-0.1, -0.05) is 0 Å². The SMILES string of the molecule is CC(N)c1cc(C(F)(F)F)ccc1F.Cl. The number of nitrogens with two attached hydrogens (primary N) is 1. The molecule has 15 heavy (non-hydrogen) atoms. The first-order valence-electron chi connectivity index (χ1n) is 3.94. The maximum absolute atomic E-state index is 13.0. The molecule has 1 nitrogen and oxygen atoms in total. The minimum absolute atomic E-state index is 0. The molecule has 0 aliphatic heterocycles. The van der Waals surface area contributed by atoms with Crippen molar-refractivity contribution in [2.45, 2.75) is 19.1 Å². The third-order valence-corrected chi connectivity index (χ3v) is 1.81. The van der Waals surface area contributed by atoms with E-state index in [1.807, 2.05) is 0 Å². The second-order valence-electron chi connectivity index (χ2n) is 3.02. The normalized spacial score (nSPS) is 13.2. The Kier molecular flexibility index (Phi) is 4.55. The molecule has 0 spiro atoms. The molecule has 6 heteroatoms. The van der Waals surface area contributed by atoms with Crippen molar-refractivity contribution in [3.05, 3.63) is 35.1 Å². The van der Waals surface area contributed by atoms with Gasteiger partial charge in [-0.05, 0) is 25.1 Å². The molecule has 1 atom stereocenters. The standard InChI is InChI=1S/C9H9F4N.ClH/c1-5(14)7-4-6(9(11,12)13)2-3-8(7)10;/h2-5H,14H2,1H3;1H. The second-order valence-corrected chi connectivity index (χ2v) is 3.02. The summed E-state index contributed by atoms with van der Waals surface area (Å²) in [6.07, 6.45) is -4.46. The summed E-state index contributed by atoms with van der Waals surface area (Å²) < 4.78 is 49.6. The lowest BCUT2D eigenvalue weighted by Gasteiger charge is -2.11. The van der Waals surface area contributed by atoms with Crippen molar-refractivity contribution in [3.8, 4) is 0 Å². The lowest BCUT2D eigenvalue weighted by Crippen LogP contribution is -2.11. The van der Waals surface area contributed by atoms with Crippen LogP contribution in [0.4, 0.5) is 17.6 Å². The minimum atomic E-state index is -4.46. The zero-order valence-electron chi connectivity index (χ0n) is 7.81. The average Bonchev–Trinajstić information content (AvgIpc) is 2.02. The summed E-state index contributed by atoms with van der Waals surface area (Å²) in [5.41, 5.74) is 4.31. The van der Waals surface area contributed by atoms with Crippen LogP contribution >= 0.6 is 12.4 Å². The monoisotopic (exact) mass is 243 g/mol. The Morgan fingerprint density at radius 3 is 2.20 bits per heavy atom. The molecule has 1 aromatic rings. The second kappa shape index (κ2) is 4.81. The lowest BCUT2D eigenvalue weighted by atomic mass is 10.0. The molecular weight excluding hydrogens is 234 g/mol. The van der Waals surface area contributed by atoms with Crippen LogP contribution in [0.3, 0.4) is 0 Å². The fourth-order valence-electron chi connectivity index (χ4n) is 1.07. The zero-order valence-corrected chi connectivity index (χ0v) is 8.62. The van der Waals surface area contributed by atoms with Gasteiger partial charge in [-0.15, -0.1) is 12.4 Å². The van der Waals surface area contributed by atoms with E-state index in [9.17, 15) is 17.6 Å². The molecule has 0 aliphatic carbocycles.